The first kappa shape index (κ1) is 11.4. The predicted octanol–water partition coefficient (Wildman–Crippen LogP) is 3.35. The fraction of sp³-hybridized carbons (Fsp3) is 0.0769. The van der Waals surface area contributed by atoms with Gasteiger partial charge in [-0.05, 0) is 23.8 Å². The molecule has 0 aliphatic carbocycles. The molecule has 0 fully saturated rings. The van der Waals surface area contributed by atoms with Gasteiger partial charge in [-0.1, -0.05) is 12.1 Å². The van der Waals surface area contributed by atoms with Gasteiger partial charge in [0.05, 0.1) is 7.11 Å². The Morgan fingerprint density at radius 1 is 1.12 bits per heavy atom. The maximum absolute atomic E-state index is 13.9. The Morgan fingerprint density at radius 3 is 2.53 bits per heavy atom. The highest BCUT2D eigenvalue weighted by Crippen LogP contribution is 2.31. The van der Waals surface area contributed by atoms with Crippen LogP contribution in [0.3, 0.4) is 0 Å². The third-order valence-corrected chi connectivity index (χ3v) is 2.38. The number of hydrogen-bond acceptors (Lipinski definition) is 2. The molecule has 0 aromatic heterocycles. The topological polar surface area (TPSA) is 29.5 Å². The van der Waals surface area contributed by atoms with E-state index in [2.05, 4.69) is 0 Å². The Morgan fingerprint density at radius 2 is 1.88 bits per heavy atom. The molecule has 0 aliphatic rings. The molecule has 0 aliphatic heterocycles. The summed E-state index contributed by atoms with van der Waals surface area (Å²) >= 11 is 0. The Balaban J connectivity index is 2.60. The molecule has 2 aromatic rings. The van der Waals surface area contributed by atoms with Crippen LogP contribution in [-0.4, -0.2) is 12.2 Å². The second kappa shape index (κ2) is 4.41. The van der Waals surface area contributed by atoms with Crippen molar-refractivity contribution in [1.82, 2.24) is 0 Å². The summed E-state index contributed by atoms with van der Waals surface area (Å²) in [5, 5.41) is 9.28. The van der Waals surface area contributed by atoms with Crippen LogP contribution in [0.25, 0.3) is 11.1 Å². The first-order chi connectivity index (χ1) is 8.11. The number of ether oxygens (including phenoxy) is 1. The van der Waals surface area contributed by atoms with Gasteiger partial charge in [-0.25, -0.2) is 8.78 Å². The van der Waals surface area contributed by atoms with E-state index < -0.39 is 11.6 Å². The van der Waals surface area contributed by atoms with Gasteiger partial charge < -0.3 is 9.84 Å². The number of phenolic OH excluding ortho intramolecular Hbond substituents is 1. The molecule has 0 radical (unpaired) electrons. The van der Waals surface area contributed by atoms with E-state index in [1.165, 1.54) is 25.3 Å². The van der Waals surface area contributed by atoms with Gasteiger partial charge >= 0.3 is 0 Å². The van der Waals surface area contributed by atoms with Gasteiger partial charge in [0, 0.05) is 11.6 Å². The summed E-state index contributed by atoms with van der Waals surface area (Å²) in [5.41, 5.74) is 0.443. The second-order valence-corrected chi connectivity index (χ2v) is 3.52. The summed E-state index contributed by atoms with van der Waals surface area (Å²) in [5.74, 6) is -1.38. The zero-order chi connectivity index (χ0) is 12.4. The molecule has 4 heteroatoms. The van der Waals surface area contributed by atoms with Crippen LogP contribution < -0.4 is 4.74 Å². The quantitative estimate of drug-likeness (QED) is 0.866. The number of rotatable bonds is 2. The highest BCUT2D eigenvalue weighted by Gasteiger charge is 2.11. The van der Waals surface area contributed by atoms with Crippen molar-refractivity contribution >= 4 is 0 Å². The monoisotopic (exact) mass is 236 g/mol. The third kappa shape index (κ3) is 2.20. The number of phenols is 1. The van der Waals surface area contributed by atoms with Gasteiger partial charge in [0.1, 0.15) is 11.6 Å². The van der Waals surface area contributed by atoms with E-state index in [0.29, 0.717) is 0 Å². The molecule has 17 heavy (non-hydrogen) atoms. The first-order valence-electron chi connectivity index (χ1n) is 4.94. The average molecular weight is 236 g/mol. The third-order valence-electron chi connectivity index (χ3n) is 2.38. The highest BCUT2D eigenvalue weighted by molar-refractivity contribution is 5.67. The number of benzene rings is 2. The van der Waals surface area contributed by atoms with Crippen LogP contribution in [0.2, 0.25) is 0 Å². The van der Waals surface area contributed by atoms with Crippen LogP contribution in [0.1, 0.15) is 0 Å². The molecule has 0 amide bonds. The van der Waals surface area contributed by atoms with Gasteiger partial charge in [0.15, 0.2) is 11.6 Å². The summed E-state index contributed by atoms with van der Waals surface area (Å²) in [4.78, 5) is 0. The van der Waals surface area contributed by atoms with Crippen molar-refractivity contribution in [2.45, 2.75) is 0 Å². The molecule has 0 bridgehead atoms. The lowest BCUT2D eigenvalue weighted by Crippen LogP contribution is -1.91. The van der Waals surface area contributed by atoms with Crippen LogP contribution in [0.5, 0.6) is 11.5 Å². The van der Waals surface area contributed by atoms with Crippen molar-refractivity contribution in [2.24, 2.45) is 0 Å². The molecule has 0 atom stereocenters. The number of halogens is 2. The molecule has 2 rings (SSSR count). The van der Waals surface area contributed by atoms with Crippen molar-refractivity contribution in [3.05, 3.63) is 48.0 Å². The maximum atomic E-state index is 13.9. The van der Waals surface area contributed by atoms with Crippen LogP contribution in [0, 0.1) is 11.6 Å². The van der Waals surface area contributed by atoms with E-state index in [9.17, 15) is 13.9 Å². The van der Waals surface area contributed by atoms with E-state index in [1.807, 2.05) is 0 Å². The van der Waals surface area contributed by atoms with E-state index >= 15 is 0 Å². The Kier molecular flexibility index (Phi) is 2.95. The lowest BCUT2D eigenvalue weighted by Gasteiger charge is -2.08. The molecule has 88 valence electrons. The predicted molar refractivity (Wildman–Crippen MR) is 60.0 cm³/mol. The van der Waals surface area contributed by atoms with Crippen LogP contribution >= 0.6 is 0 Å². The average Bonchev–Trinajstić information content (AvgIpc) is 2.28. The van der Waals surface area contributed by atoms with Crippen molar-refractivity contribution in [3.8, 4) is 22.6 Å². The summed E-state index contributed by atoms with van der Waals surface area (Å²) < 4.78 is 31.8. The number of aromatic hydroxyl groups is 1. The molecule has 1 N–H and O–H groups in total. The largest absolute Gasteiger partial charge is 0.508 e. The lowest BCUT2D eigenvalue weighted by atomic mass is 10.0. The Hall–Kier alpha value is -2.10. The van der Waals surface area contributed by atoms with Gasteiger partial charge in [-0.2, -0.15) is 0 Å². The van der Waals surface area contributed by atoms with Gasteiger partial charge in [-0.15, -0.1) is 0 Å². The zero-order valence-corrected chi connectivity index (χ0v) is 9.08. The van der Waals surface area contributed by atoms with Gasteiger partial charge in [0.25, 0.3) is 0 Å². The smallest absolute Gasteiger partial charge is 0.172 e. The Bertz CT molecular complexity index is 533. The minimum atomic E-state index is -0.623. The highest BCUT2D eigenvalue weighted by atomic mass is 19.1. The van der Waals surface area contributed by atoms with Crippen molar-refractivity contribution < 1.29 is 18.6 Å². The van der Waals surface area contributed by atoms with Gasteiger partial charge in [0.2, 0.25) is 0 Å². The molecule has 2 aromatic carbocycles. The van der Waals surface area contributed by atoms with E-state index in [1.54, 1.807) is 6.07 Å². The Labute approximate surface area is 97.1 Å². The fourth-order valence-corrected chi connectivity index (χ4v) is 1.62. The van der Waals surface area contributed by atoms with E-state index in [0.717, 1.165) is 12.1 Å². The van der Waals surface area contributed by atoms with E-state index in [4.69, 9.17) is 4.74 Å². The lowest BCUT2D eigenvalue weighted by molar-refractivity contribution is 0.387. The van der Waals surface area contributed by atoms with Crippen LogP contribution in [0.15, 0.2) is 36.4 Å². The minimum Gasteiger partial charge on any atom is -0.508 e. The SMILES string of the molecule is COc1cccc(-c2cc(O)cc(F)c2)c1F. The summed E-state index contributed by atoms with van der Waals surface area (Å²) in [7, 11) is 1.35. The zero-order valence-electron chi connectivity index (χ0n) is 9.08. The van der Waals surface area contributed by atoms with Crippen LogP contribution in [0.4, 0.5) is 8.78 Å². The summed E-state index contributed by atoms with van der Waals surface area (Å²) in [6.45, 7) is 0. The van der Waals surface area contributed by atoms with E-state index in [-0.39, 0.29) is 22.6 Å². The molecule has 0 saturated heterocycles. The molecule has 0 unspecified atom stereocenters. The molecule has 0 spiro atoms. The molecular formula is C13H10F2O2. The summed E-state index contributed by atoms with van der Waals surface area (Å²) in [6.07, 6.45) is 0. The standard InChI is InChI=1S/C13H10F2O2/c1-17-12-4-2-3-11(13(12)15)8-5-9(14)7-10(16)6-8/h2-7,16H,1H3. The minimum absolute atomic E-state index is 0.0752. The molecule has 2 nitrogen and oxygen atoms in total. The van der Waals surface area contributed by atoms with Crippen molar-refractivity contribution in [2.75, 3.05) is 7.11 Å². The van der Waals surface area contributed by atoms with Gasteiger partial charge in [-0.3, -0.25) is 0 Å². The maximum Gasteiger partial charge on any atom is 0.172 e. The molecule has 0 saturated carbocycles. The van der Waals surface area contributed by atoms with Crippen LogP contribution in [-0.2, 0) is 0 Å². The first-order valence-corrected chi connectivity index (χ1v) is 4.94. The second-order valence-electron chi connectivity index (χ2n) is 3.52. The summed E-state index contributed by atoms with van der Waals surface area (Å²) in [6, 6.07) is 7.96. The van der Waals surface area contributed by atoms with Crippen molar-refractivity contribution in [1.29, 1.82) is 0 Å². The normalized spacial score (nSPS) is 10.3. The molecular weight excluding hydrogens is 226 g/mol. The number of hydrogen-bond donors (Lipinski definition) is 1. The molecule has 0 heterocycles. The van der Waals surface area contributed by atoms with Crippen molar-refractivity contribution in [3.63, 3.8) is 0 Å². The fourth-order valence-electron chi connectivity index (χ4n) is 1.62. The number of methoxy groups -OCH3 is 1.